The first-order valence-electron chi connectivity index (χ1n) is 5.10. The maximum absolute atomic E-state index is 12.3. The van der Waals surface area contributed by atoms with E-state index in [-0.39, 0.29) is 11.2 Å². The van der Waals surface area contributed by atoms with Crippen molar-refractivity contribution in [3.63, 3.8) is 0 Å². The quantitative estimate of drug-likeness (QED) is 0.706. The topological polar surface area (TPSA) is 78.2 Å². The van der Waals surface area contributed by atoms with Gasteiger partial charge in [-0.15, -0.1) is 0 Å². The lowest BCUT2D eigenvalue weighted by Gasteiger charge is -2.18. The Morgan fingerprint density at radius 3 is 2.56 bits per heavy atom. The van der Waals surface area contributed by atoms with E-state index in [1.165, 1.54) is 0 Å². The van der Waals surface area contributed by atoms with Gasteiger partial charge in [0, 0.05) is 18.8 Å². The summed E-state index contributed by atoms with van der Waals surface area (Å²) >= 11 is -1.52. The molecule has 0 saturated heterocycles. The number of rotatable bonds is 4. The van der Waals surface area contributed by atoms with Crippen LogP contribution in [0.2, 0.25) is 0 Å². The van der Waals surface area contributed by atoms with Crippen molar-refractivity contribution in [2.75, 3.05) is 0 Å². The van der Waals surface area contributed by atoms with Crippen LogP contribution >= 0.6 is 0 Å². The molecule has 2 unspecified atom stereocenters. The number of halogens is 2. The Kier molecular flexibility index (Phi) is 2.67. The maximum atomic E-state index is 12.3. The maximum Gasteiger partial charge on any atom is 0.281 e. The van der Waals surface area contributed by atoms with Crippen LogP contribution in [0.25, 0.3) is 0 Å². The van der Waals surface area contributed by atoms with E-state index in [1.54, 1.807) is 6.92 Å². The van der Waals surface area contributed by atoms with Crippen molar-refractivity contribution < 1.29 is 18.1 Å². The second-order valence-electron chi connectivity index (χ2n) is 4.84. The summed E-state index contributed by atoms with van der Waals surface area (Å²) in [6.45, 7) is 1.78. The summed E-state index contributed by atoms with van der Waals surface area (Å²) in [5, 5.41) is 0. The van der Waals surface area contributed by atoms with Crippen LogP contribution in [-0.4, -0.2) is 27.2 Å². The number of nitrogens with one attached hydrogen (secondary N) is 1. The molecule has 2 fully saturated rings. The van der Waals surface area contributed by atoms with Gasteiger partial charge in [-0.2, -0.15) is 4.72 Å². The minimum atomic E-state index is -2.60. The predicted molar refractivity (Wildman–Crippen MR) is 55.0 cm³/mol. The zero-order valence-corrected chi connectivity index (χ0v) is 9.65. The van der Waals surface area contributed by atoms with E-state index in [9.17, 15) is 18.1 Å². The summed E-state index contributed by atoms with van der Waals surface area (Å²) in [5.74, 6) is -1.82. The molecule has 7 heteroatoms. The average molecular weight is 252 g/mol. The van der Waals surface area contributed by atoms with E-state index in [0.29, 0.717) is 0 Å². The molecule has 3 N–H and O–H groups in total. The highest BCUT2D eigenvalue weighted by molar-refractivity contribution is 7.91. The van der Waals surface area contributed by atoms with Crippen molar-refractivity contribution in [3.05, 3.63) is 0 Å². The van der Waals surface area contributed by atoms with Gasteiger partial charge in [0.05, 0.1) is 11.4 Å². The third-order valence-electron chi connectivity index (χ3n) is 3.37. The summed E-state index contributed by atoms with van der Waals surface area (Å²) in [6.07, 6.45) is -1.09. The molecule has 0 radical (unpaired) electrons. The number of hydrogen-bond donors (Lipinski definition) is 2. The van der Waals surface area contributed by atoms with Crippen molar-refractivity contribution >= 4 is 17.3 Å². The number of carbonyl (C=O) groups is 1. The highest BCUT2D eigenvalue weighted by Gasteiger charge is 2.63. The predicted octanol–water partition coefficient (Wildman–Crippen LogP) is 0.301. The lowest BCUT2D eigenvalue weighted by atomic mass is 10.2. The van der Waals surface area contributed by atoms with Gasteiger partial charge in [-0.1, -0.05) is 0 Å². The molecule has 0 heterocycles. The van der Waals surface area contributed by atoms with Gasteiger partial charge in [-0.3, -0.25) is 4.79 Å². The SMILES string of the molecule is CC1([S+]([O-])NC(=O)[C@@]2(N)CC2C(F)F)CC1. The van der Waals surface area contributed by atoms with E-state index in [0.717, 1.165) is 12.8 Å². The fraction of sp³-hybridized carbons (Fsp3) is 0.889. The lowest BCUT2D eigenvalue weighted by molar-refractivity contribution is -0.122. The van der Waals surface area contributed by atoms with Crippen molar-refractivity contribution in [2.45, 2.75) is 42.9 Å². The standard InChI is InChI=1S/C9H14F2N2O2S/c1-8(2-3-8)16(15)13-7(14)9(12)4-5(9)6(10)11/h5-6H,2-4,12H2,1H3,(H,13,14)/t5?,9-,16?/m1/s1. The number of amides is 1. The molecule has 2 aliphatic rings. The highest BCUT2D eigenvalue weighted by atomic mass is 32.2. The normalized spacial score (nSPS) is 37.0. The molecule has 0 aromatic rings. The van der Waals surface area contributed by atoms with Crippen LogP contribution in [0.3, 0.4) is 0 Å². The van der Waals surface area contributed by atoms with Crippen LogP contribution in [0.1, 0.15) is 26.2 Å². The number of carbonyl (C=O) groups excluding carboxylic acids is 1. The number of nitrogens with two attached hydrogens (primary N) is 1. The molecule has 0 aromatic heterocycles. The zero-order valence-electron chi connectivity index (χ0n) is 8.83. The van der Waals surface area contributed by atoms with Crippen LogP contribution in [0.5, 0.6) is 0 Å². The van der Waals surface area contributed by atoms with Gasteiger partial charge in [0.1, 0.15) is 10.3 Å². The first-order chi connectivity index (χ1) is 7.29. The number of alkyl halides is 2. The Hall–Kier alpha value is -0.400. The Bertz CT molecular complexity index is 325. The molecule has 16 heavy (non-hydrogen) atoms. The summed E-state index contributed by atoms with van der Waals surface area (Å²) in [4.78, 5) is 11.6. The van der Waals surface area contributed by atoms with Crippen molar-refractivity contribution in [2.24, 2.45) is 11.7 Å². The highest BCUT2D eigenvalue weighted by Crippen LogP contribution is 2.47. The summed E-state index contributed by atoms with van der Waals surface area (Å²) in [6, 6.07) is 0. The molecule has 4 nitrogen and oxygen atoms in total. The molecule has 0 aliphatic heterocycles. The van der Waals surface area contributed by atoms with E-state index < -0.39 is 35.2 Å². The minimum absolute atomic E-state index is 0.0373. The fourth-order valence-corrected chi connectivity index (χ4v) is 2.62. The van der Waals surface area contributed by atoms with Crippen molar-refractivity contribution in [1.29, 1.82) is 0 Å². The summed E-state index contributed by atoms with van der Waals surface area (Å²) < 4.78 is 38.1. The largest absolute Gasteiger partial charge is 0.593 e. The minimum Gasteiger partial charge on any atom is -0.593 e. The van der Waals surface area contributed by atoms with Gasteiger partial charge in [0.2, 0.25) is 6.43 Å². The van der Waals surface area contributed by atoms with E-state index >= 15 is 0 Å². The molecular weight excluding hydrogens is 238 g/mol. The average Bonchev–Trinajstić information content (AvgIpc) is 3.05. The second-order valence-corrected chi connectivity index (χ2v) is 6.56. The van der Waals surface area contributed by atoms with Crippen LogP contribution in [-0.2, 0) is 16.2 Å². The molecule has 2 saturated carbocycles. The van der Waals surface area contributed by atoms with Crippen LogP contribution in [0.15, 0.2) is 0 Å². The molecular formula is C9H14F2N2O2S. The molecule has 0 bridgehead atoms. The van der Waals surface area contributed by atoms with Gasteiger partial charge in [0.25, 0.3) is 5.91 Å². The van der Waals surface area contributed by atoms with Crippen LogP contribution in [0, 0.1) is 5.92 Å². The Morgan fingerprint density at radius 1 is 1.62 bits per heavy atom. The molecule has 1 amide bonds. The van der Waals surface area contributed by atoms with Crippen molar-refractivity contribution in [1.82, 2.24) is 4.72 Å². The molecule has 92 valence electrons. The first kappa shape index (κ1) is 12.1. The van der Waals surface area contributed by atoms with Crippen LogP contribution in [0.4, 0.5) is 8.78 Å². The van der Waals surface area contributed by atoms with Gasteiger partial charge in [-0.05, 0) is 13.3 Å². The Balaban J connectivity index is 1.90. The third kappa shape index (κ3) is 1.91. The van der Waals surface area contributed by atoms with E-state index in [1.807, 2.05) is 0 Å². The summed E-state index contributed by atoms with van der Waals surface area (Å²) in [7, 11) is 0. The monoisotopic (exact) mass is 252 g/mol. The molecule has 3 atom stereocenters. The van der Waals surface area contributed by atoms with Crippen LogP contribution < -0.4 is 10.5 Å². The Morgan fingerprint density at radius 2 is 2.19 bits per heavy atom. The van der Waals surface area contributed by atoms with E-state index in [4.69, 9.17) is 5.73 Å². The first-order valence-corrected chi connectivity index (χ1v) is 6.24. The zero-order chi connectivity index (χ0) is 12.1. The number of hydrogen-bond acceptors (Lipinski definition) is 3. The fourth-order valence-electron chi connectivity index (χ4n) is 1.54. The van der Waals surface area contributed by atoms with Gasteiger partial charge in [0.15, 0.2) is 0 Å². The summed E-state index contributed by atoms with van der Waals surface area (Å²) in [5.41, 5.74) is 4.00. The molecule has 0 spiro atoms. The molecule has 0 aromatic carbocycles. The lowest BCUT2D eigenvalue weighted by Crippen LogP contribution is -2.50. The van der Waals surface area contributed by atoms with Gasteiger partial charge < -0.3 is 10.3 Å². The third-order valence-corrected chi connectivity index (χ3v) is 5.05. The van der Waals surface area contributed by atoms with Gasteiger partial charge in [-0.25, -0.2) is 8.78 Å². The van der Waals surface area contributed by atoms with Crippen molar-refractivity contribution in [3.8, 4) is 0 Å². The van der Waals surface area contributed by atoms with E-state index in [2.05, 4.69) is 4.72 Å². The molecule has 2 aliphatic carbocycles. The second kappa shape index (κ2) is 3.54. The van der Waals surface area contributed by atoms with Gasteiger partial charge >= 0.3 is 0 Å². The smallest absolute Gasteiger partial charge is 0.281 e. The molecule has 2 rings (SSSR count). The Labute approximate surface area is 95.3 Å².